The summed E-state index contributed by atoms with van der Waals surface area (Å²) < 4.78 is 8.88. The number of hydrogen-bond donors (Lipinski definition) is 2. The highest BCUT2D eigenvalue weighted by molar-refractivity contribution is 6.25. The Balaban J connectivity index is 1.69. The van der Waals surface area contributed by atoms with Crippen LogP contribution in [0.25, 0.3) is 23.8 Å². The minimum absolute atomic E-state index is 0.0925. The molecular formula is C35H37N5O6. The summed E-state index contributed by atoms with van der Waals surface area (Å²) in [6.45, 7) is 11.6. The first kappa shape index (κ1) is 29.9. The van der Waals surface area contributed by atoms with Crippen LogP contribution in [0.5, 0.6) is 0 Å². The summed E-state index contributed by atoms with van der Waals surface area (Å²) in [5.74, 6) is -3.77. The standard InChI is InChI=1S/C35H37N5O6/c1-8-19-14(2)21-12-26-28(18(6)41)16(4)24-11-22-15(3)20(9-10-27(42)43)32(37-22)30-31(35(45)46-7)34(44)29-17(5)25(13-23(19)36-21)40(33(29)30)38-39(24)26/h11-15,19-20,31,38H,8-10H2,1-7H3,(H,42,43)/b21-12?,22-11?,23-13-,24-11-,25-13?,26-12-,32-30-/t14-,15+,19-,20+,31?/m1/s1. The van der Waals surface area contributed by atoms with Gasteiger partial charge in [0, 0.05) is 58.3 Å². The van der Waals surface area contributed by atoms with Crippen LogP contribution >= 0.6 is 0 Å². The first-order valence-electron chi connectivity index (χ1n) is 15.8. The number of Topliss-reactive ketones (excluding diaryl/α,β-unsaturated/α-hetero) is 2. The van der Waals surface area contributed by atoms with E-state index in [2.05, 4.69) is 19.4 Å². The number of methoxy groups -OCH3 is 1. The van der Waals surface area contributed by atoms with Crippen molar-refractivity contribution in [2.45, 2.75) is 60.8 Å². The number of nitrogens with one attached hydrogen (secondary N) is 1. The van der Waals surface area contributed by atoms with Crippen LogP contribution in [0.2, 0.25) is 0 Å². The first-order chi connectivity index (χ1) is 21.9. The third-order valence-electron chi connectivity index (χ3n) is 10.6. The minimum atomic E-state index is -1.25. The average molecular weight is 624 g/mol. The number of allylic oxidation sites excluding steroid dienone is 2. The summed E-state index contributed by atoms with van der Waals surface area (Å²) in [6, 6.07) is 0. The fourth-order valence-corrected chi connectivity index (χ4v) is 8.19. The molecular weight excluding hydrogens is 586 g/mol. The van der Waals surface area contributed by atoms with E-state index in [1.54, 1.807) is 6.92 Å². The predicted octanol–water partition coefficient (Wildman–Crippen LogP) is 3.43. The second-order valence-electron chi connectivity index (χ2n) is 13.0. The number of nitrogens with zero attached hydrogens (tertiary/aromatic N) is 4. The van der Waals surface area contributed by atoms with E-state index in [9.17, 15) is 24.3 Å². The van der Waals surface area contributed by atoms with Crippen LogP contribution in [0, 0.1) is 43.4 Å². The van der Waals surface area contributed by atoms with Crippen LogP contribution in [-0.4, -0.2) is 56.5 Å². The summed E-state index contributed by atoms with van der Waals surface area (Å²) in [5.41, 5.74) is 10.5. The molecule has 1 unspecified atom stereocenters. The van der Waals surface area contributed by atoms with E-state index in [0.717, 1.165) is 23.4 Å². The van der Waals surface area contributed by atoms with Gasteiger partial charge in [-0.15, -0.1) is 0 Å². The monoisotopic (exact) mass is 623 g/mol. The fourth-order valence-electron chi connectivity index (χ4n) is 8.19. The van der Waals surface area contributed by atoms with E-state index < -0.39 is 17.9 Å². The summed E-state index contributed by atoms with van der Waals surface area (Å²) >= 11 is 0. The Morgan fingerprint density at radius 1 is 0.978 bits per heavy atom. The van der Waals surface area contributed by atoms with Crippen molar-refractivity contribution in [2.24, 2.45) is 39.6 Å². The zero-order valence-electron chi connectivity index (χ0n) is 27.0. The van der Waals surface area contributed by atoms with Gasteiger partial charge in [-0.1, -0.05) is 20.8 Å². The molecule has 0 spiro atoms. The summed E-state index contributed by atoms with van der Waals surface area (Å²) in [5, 5.41) is 11.0. The van der Waals surface area contributed by atoms with Gasteiger partial charge in [0.25, 0.3) is 0 Å². The van der Waals surface area contributed by atoms with Crippen LogP contribution in [-0.2, 0) is 14.3 Å². The molecule has 11 nitrogen and oxygen atoms in total. The number of carboxylic acid groups (broad SMARTS) is 1. The summed E-state index contributed by atoms with van der Waals surface area (Å²) in [6.07, 6.45) is 6.95. The van der Waals surface area contributed by atoms with Crippen LogP contribution in [0.1, 0.15) is 90.2 Å². The molecule has 0 amide bonds. The largest absolute Gasteiger partial charge is 0.481 e. The van der Waals surface area contributed by atoms with Crippen LogP contribution in [0.15, 0.2) is 21.4 Å². The third-order valence-corrected chi connectivity index (χ3v) is 10.6. The van der Waals surface area contributed by atoms with Gasteiger partial charge in [-0.05, 0) is 63.0 Å². The van der Waals surface area contributed by atoms with Gasteiger partial charge >= 0.3 is 11.9 Å². The highest BCUT2D eigenvalue weighted by Crippen LogP contribution is 2.49. The molecule has 2 aromatic heterocycles. The molecule has 6 heterocycles. The predicted molar refractivity (Wildman–Crippen MR) is 173 cm³/mol. The number of fused-ring (bicyclic) bond motifs is 2. The highest BCUT2D eigenvalue weighted by atomic mass is 16.5. The van der Waals surface area contributed by atoms with E-state index in [-0.39, 0.29) is 48.1 Å². The molecule has 2 N–H and O–H groups in total. The van der Waals surface area contributed by atoms with Crippen molar-refractivity contribution in [3.05, 3.63) is 55.7 Å². The number of aliphatic carboxylic acids is 1. The molecule has 0 saturated heterocycles. The molecule has 5 atom stereocenters. The Morgan fingerprint density at radius 3 is 2.30 bits per heavy atom. The van der Waals surface area contributed by atoms with E-state index in [4.69, 9.17) is 14.7 Å². The maximum absolute atomic E-state index is 14.4. The van der Waals surface area contributed by atoms with Gasteiger partial charge in [-0.2, -0.15) is 0 Å². The van der Waals surface area contributed by atoms with E-state index >= 15 is 0 Å². The van der Waals surface area contributed by atoms with Gasteiger partial charge < -0.3 is 9.84 Å². The molecule has 11 heteroatoms. The topological polar surface area (TPSA) is 144 Å². The molecule has 238 valence electrons. The number of hydrogen-bond acceptors (Lipinski definition) is 8. The molecule has 46 heavy (non-hydrogen) atoms. The lowest BCUT2D eigenvalue weighted by Crippen LogP contribution is -2.41. The van der Waals surface area contributed by atoms with Gasteiger partial charge in [0.15, 0.2) is 11.6 Å². The molecule has 4 aliphatic heterocycles. The van der Waals surface area contributed by atoms with E-state index in [1.807, 2.05) is 48.4 Å². The third kappa shape index (κ3) is 3.96. The molecule has 0 fully saturated rings. The van der Waals surface area contributed by atoms with Crippen molar-refractivity contribution in [3.8, 4) is 0 Å². The lowest BCUT2D eigenvalue weighted by Gasteiger charge is -2.22. The normalized spacial score (nSPS) is 29.4. The Bertz CT molecular complexity index is 2070. The lowest BCUT2D eigenvalue weighted by molar-refractivity contribution is -0.142. The number of ether oxygens (including phenoxy) is 1. The number of carboxylic acids is 1. The van der Waals surface area contributed by atoms with Gasteiger partial charge in [0.05, 0.1) is 40.5 Å². The maximum Gasteiger partial charge on any atom is 0.321 e. The number of carbonyl (C=O) groups is 4. The number of ketones is 2. The minimum Gasteiger partial charge on any atom is -0.481 e. The maximum atomic E-state index is 14.4. The average Bonchev–Trinajstić information content (AvgIpc) is 3.72. The van der Waals surface area contributed by atoms with Crippen molar-refractivity contribution < 1.29 is 29.0 Å². The SMILES string of the molecule is CC[C@H]1/C2=C/c3c(C)c4c5n3Nn3/c(c(C)c(C(C)=O)/c3=C/C(=N2)[C@@H]1C)=C\C1=NC(=C\5C(C(=O)OC)C4=O)/[C@@H](CCC(=O)O)[C@@H]1C. The van der Waals surface area contributed by atoms with Crippen LogP contribution < -0.4 is 16.2 Å². The Hall–Kier alpha value is -4.80. The van der Waals surface area contributed by atoms with E-state index in [0.29, 0.717) is 55.8 Å². The van der Waals surface area contributed by atoms with Crippen molar-refractivity contribution in [1.82, 2.24) is 9.35 Å². The number of rotatable bonds is 6. The second-order valence-corrected chi connectivity index (χ2v) is 13.0. The van der Waals surface area contributed by atoms with E-state index in [1.165, 1.54) is 7.11 Å². The zero-order chi connectivity index (χ0) is 32.9. The summed E-state index contributed by atoms with van der Waals surface area (Å²) in [7, 11) is 1.26. The Labute approximate surface area is 265 Å². The molecule has 0 saturated carbocycles. The molecule has 0 radical (unpaired) electrons. The fraction of sp³-hybridized carbons (Fsp3) is 0.429. The Morgan fingerprint density at radius 2 is 1.65 bits per heavy atom. The number of carbonyl (C=O) groups excluding carboxylic acids is 3. The molecule has 5 aliphatic rings. The highest BCUT2D eigenvalue weighted by Gasteiger charge is 2.50. The molecule has 7 rings (SSSR count). The zero-order valence-corrected chi connectivity index (χ0v) is 27.0. The smallest absolute Gasteiger partial charge is 0.321 e. The molecule has 2 aromatic rings. The molecule has 6 bridgehead atoms. The van der Waals surface area contributed by atoms with Crippen molar-refractivity contribution >= 4 is 58.7 Å². The van der Waals surface area contributed by atoms with Crippen LogP contribution in [0.3, 0.4) is 0 Å². The van der Waals surface area contributed by atoms with Gasteiger partial charge in [0.1, 0.15) is 5.92 Å². The van der Waals surface area contributed by atoms with Crippen molar-refractivity contribution in [2.75, 3.05) is 12.6 Å². The first-order valence-corrected chi connectivity index (χ1v) is 15.8. The van der Waals surface area contributed by atoms with Crippen molar-refractivity contribution in [1.29, 1.82) is 0 Å². The second kappa shape index (κ2) is 10.4. The van der Waals surface area contributed by atoms with Gasteiger partial charge in [-0.3, -0.25) is 29.2 Å². The Kier molecular flexibility index (Phi) is 6.73. The molecule has 0 aromatic carbocycles. The lowest BCUT2D eigenvalue weighted by atomic mass is 9.83. The summed E-state index contributed by atoms with van der Waals surface area (Å²) in [4.78, 5) is 63.1. The van der Waals surface area contributed by atoms with Crippen molar-refractivity contribution in [3.63, 3.8) is 0 Å². The van der Waals surface area contributed by atoms with Gasteiger partial charge in [0.2, 0.25) is 0 Å². The quantitative estimate of drug-likeness (QED) is 0.285. The molecule has 1 aliphatic carbocycles. The number of esters is 1. The van der Waals surface area contributed by atoms with Crippen LogP contribution in [0.4, 0.5) is 0 Å². The van der Waals surface area contributed by atoms with Gasteiger partial charge in [-0.25, -0.2) is 14.9 Å². The number of aliphatic imine (C=N–C) groups is 2. The number of aromatic nitrogens is 2.